The summed E-state index contributed by atoms with van der Waals surface area (Å²) in [6, 6.07) is 7.66. The highest BCUT2D eigenvalue weighted by molar-refractivity contribution is 7.07. The number of rotatable bonds is 4. The number of thiazole rings is 1. The van der Waals surface area contributed by atoms with Crippen LogP contribution in [-0.4, -0.2) is 17.4 Å². The Morgan fingerprint density at radius 1 is 1.47 bits per heavy atom. The number of aromatic nitrogens is 1. The summed E-state index contributed by atoms with van der Waals surface area (Å²) in [5, 5.41) is 4.55. The van der Waals surface area contributed by atoms with Crippen molar-refractivity contribution in [1.82, 2.24) is 10.3 Å². The highest BCUT2D eigenvalue weighted by Crippen LogP contribution is 2.06. The number of anilines is 1. The Kier molecular flexibility index (Phi) is 3.72. The van der Waals surface area contributed by atoms with E-state index in [0.29, 0.717) is 12.2 Å². The van der Waals surface area contributed by atoms with E-state index in [1.54, 1.807) is 10.9 Å². The van der Waals surface area contributed by atoms with Crippen LogP contribution in [0.25, 0.3) is 0 Å². The van der Waals surface area contributed by atoms with Crippen LogP contribution in [-0.2, 0) is 6.42 Å². The fourth-order valence-corrected chi connectivity index (χ4v) is 2.02. The van der Waals surface area contributed by atoms with E-state index >= 15 is 0 Å². The molecule has 88 valence electrons. The van der Waals surface area contributed by atoms with E-state index in [-0.39, 0.29) is 5.91 Å². The number of carbonyl (C=O) groups is 1. The molecule has 3 N–H and O–H groups in total. The number of hydrogen-bond donors (Lipinski definition) is 2. The minimum absolute atomic E-state index is 0.129. The molecule has 0 radical (unpaired) electrons. The molecule has 0 saturated carbocycles. The molecule has 2 aromatic rings. The van der Waals surface area contributed by atoms with Crippen molar-refractivity contribution in [1.29, 1.82) is 0 Å². The van der Waals surface area contributed by atoms with Gasteiger partial charge in [-0.05, 0) is 24.1 Å². The Bertz CT molecular complexity index is 496. The molecule has 17 heavy (non-hydrogen) atoms. The smallest absolute Gasteiger partial charge is 0.270 e. The monoisotopic (exact) mass is 247 g/mol. The molecule has 5 heteroatoms. The van der Waals surface area contributed by atoms with Gasteiger partial charge < -0.3 is 11.1 Å². The summed E-state index contributed by atoms with van der Waals surface area (Å²) < 4.78 is 0. The van der Waals surface area contributed by atoms with Crippen molar-refractivity contribution in [3.63, 3.8) is 0 Å². The lowest BCUT2D eigenvalue weighted by atomic mass is 10.1. The SMILES string of the molecule is Nc1cccc(CCNC(=O)c2cscn2)c1. The van der Waals surface area contributed by atoms with Gasteiger partial charge in [0.2, 0.25) is 0 Å². The second-order valence-corrected chi connectivity index (χ2v) is 4.34. The van der Waals surface area contributed by atoms with Gasteiger partial charge in [0.05, 0.1) is 5.51 Å². The van der Waals surface area contributed by atoms with Gasteiger partial charge in [-0.3, -0.25) is 4.79 Å². The third kappa shape index (κ3) is 3.29. The van der Waals surface area contributed by atoms with Crippen LogP contribution in [0, 0.1) is 0 Å². The van der Waals surface area contributed by atoms with Gasteiger partial charge in [-0.2, -0.15) is 0 Å². The van der Waals surface area contributed by atoms with Crippen LogP contribution in [0.3, 0.4) is 0 Å². The third-order valence-corrected chi connectivity index (χ3v) is 2.90. The quantitative estimate of drug-likeness (QED) is 0.808. The second-order valence-electron chi connectivity index (χ2n) is 3.62. The average Bonchev–Trinajstić information content (AvgIpc) is 2.82. The first kappa shape index (κ1) is 11.6. The molecule has 1 aromatic heterocycles. The molecular formula is C12H13N3OS. The van der Waals surface area contributed by atoms with Gasteiger partial charge in [-0.15, -0.1) is 11.3 Å². The molecular weight excluding hydrogens is 234 g/mol. The highest BCUT2D eigenvalue weighted by Gasteiger charge is 2.05. The lowest BCUT2D eigenvalue weighted by Gasteiger charge is -2.04. The van der Waals surface area contributed by atoms with Crippen molar-refractivity contribution in [3.8, 4) is 0 Å². The van der Waals surface area contributed by atoms with Gasteiger partial charge in [0, 0.05) is 17.6 Å². The predicted octanol–water partition coefficient (Wildman–Crippen LogP) is 1.70. The molecule has 0 aliphatic rings. The lowest BCUT2D eigenvalue weighted by molar-refractivity contribution is 0.0950. The molecule has 0 spiro atoms. The molecule has 1 heterocycles. The summed E-state index contributed by atoms with van der Waals surface area (Å²) in [5.41, 5.74) is 9.65. The topological polar surface area (TPSA) is 68.0 Å². The van der Waals surface area contributed by atoms with E-state index in [1.165, 1.54) is 11.3 Å². The first-order valence-corrected chi connectivity index (χ1v) is 6.21. The molecule has 0 unspecified atom stereocenters. The Balaban J connectivity index is 1.82. The number of hydrogen-bond acceptors (Lipinski definition) is 4. The molecule has 0 atom stereocenters. The van der Waals surface area contributed by atoms with Crippen LogP contribution in [0.4, 0.5) is 5.69 Å². The van der Waals surface area contributed by atoms with E-state index in [1.807, 2.05) is 24.3 Å². The van der Waals surface area contributed by atoms with Crippen molar-refractivity contribution in [3.05, 3.63) is 46.4 Å². The van der Waals surface area contributed by atoms with Gasteiger partial charge in [-0.1, -0.05) is 12.1 Å². The number of amides is 1. The summed E-state index contributed by atoms with van der Waals surface area (Å²) in [4.78, 5) is 15.5. The van der Waals surface area contributed by atoms with Gasteiger partial charge >= 0.3 is 0 Å². The molecule has 2 rings (SSSR count). The Morgan fingerprint density at radius 3 is 3.06 bits per heavy atom. The van der Waals surface area contributed by atoms with Crippen LogP contribution in [0.15, 0.2) is 35.2 Å². The zero-order valence-corrected chi connectivity index (χ0v) is 10.0. The summed E-state index contributed by atoms with van der Waals surface area (Å²) in [7, 11) is 0. The van der Waals surface area contributed by atoms with E-state index in [0.717, 1.165) is 17.7 Å². The van der Waals surface area contributed by atoms with Crippen molar-refractivity contribution >= 4 is 22.9 Å². The number of nitrogens with one attached hydrogen (secondary N) is 1. The van der Waals surface area contributed by atoms with Gasteiger partial charge in [-0.25, -0.2) is 4.98 Å². The van der Waals surface area contributed by atoms with Crippen LogP contribution in [0.2, 0.25) is 0 Å². The fraction of sp³-hybridized carbons (Fsp3) is 0.167. The molecule has 0 fully saturated rings. The summed E-state index contributed by atoms with van der Waals surface area (Å²) in [6.45, 7) is 0.583. The number of benzene rings is 1. The first-order valence-electron chi connectivity index (χ1n) is 5.26. The zero-order valence-electron chi connectivity index (χ0n) is 9.22. The van der Waals surface area contributed by atoms with Gasteiger partial charge in [0.25, 0.3) is 5.91 Å². The fourth-order valence-electron chi connectivity index (χ4n) is 1.48. The van der Waals surface area contributed by atoms with Crippen LogP contribution < -0.4 is 11.1 Å². The third-order valence-electron chi connectivity index (χ3n) is 2.32. The maximum absolute atomic E-state index is 11.6. The minimum atomic E-state index is -0.129. The Hall–Kier alpha value is -1.88. The van der Waals surface area contributed by atoms with Crippen molar-refractivity contribution in [2.24, 2.45) is 0 Å². The van der Waals surface area contributed by atoms with E-state index < -0.39 is 0 Å². The summed E-state index contributed by atoms with van der Waals surface area (Å²) in [6.07, 6.45) is 0.765. The second kappa shape index (κ2) is 5.45. The maximum Gasteiger partial charge on any atom is 0.270 e. The summed E-state index contributed by atoms with van der Waals surface area (Å²) >= 11 is 1.41. The number of carbonyl (C=O) groups excluding carboxylic acids is 1. The maximum atomic E-state index is 11.6. The van der Waals surface area contributed by atoms with Gasteiger partial charge in [0.15, 0.2) is 0 Å². The Labute approximate surface area is 103 Å². The average molecular weight is 247 g/mol. The molecule has 1 aromatic carbocycles. The normalized spacial score (nSPS) is 10.1. The highest BCUT2D eigenvalue weighted by atomic mass is 32.1. The standard InChI is InChI=1S/C12H13N3OS/c13-10-3-1-2-9(6-10)4-5-14-12(16)11-7-17-8-15-11/h1-3,6-8H,4-5,13H2,(H,14,16). The van der Waals surface area contributed by atoms with Crippen molar-refractivity contribution in [2.75, 3.05) is 12.3 Å². The molecule has 4 nitrogen and oxygen atoms in total. The summed E-state index contributed by atoms with van der Waals surface area (Å²) in [5.74, 6) is -0.129. The zero-order chi connectivity index (χ0) is 12.1. The number of nitrogens with zero attached hydrogens (tertiary/aromatic N) is 1. The van der Waals surface area contributed by atoms with Crippen LogP contribution >= 0.6 is 11.3 Å². The van der Waals surface area contributed by atoms with Crippen molar-refractivity contribution < 1.29 is 4.79 Å². The van der Waals surface area contributed by atoms with E-state index in [2.05, 4.69) is 10.3 Å². The van der Waals surface area contributed by atoms with Gasteiger partial charge in [0.1, 0.15) is 5.69 Å². The molecule has 0 aliphatic heterocycles. The van der Waals surface area contributed by atoms with Crippen LogP contribution in [0.1, 0.15) is 16.1 Å². The molecule has 1 amide bonds. The first-order chi connectivity index (χ1) is 8.25. The molecule has 0 bridgehead atoms. The minimum Gasteiger partial charge on any atom is -0.399 e. The molecule has 0 aliphatic carbocycles. The van der Waals surface area contributed by atoms with E-state index in [4.69, 9.17) is 5.73 Å². The largest absolute Gasteiger partial charge is 0.399 e. The van der Waals surface area contributed by atoms with Crippen LogP contribution in [0.5, 0.6) is 0 Å². The number of nitrogen functional groups attached to an aromatic ring is 1. The van der Waals surface area contributed by atoms with Crippen molar-refractivity contribution in [2.45, 2.75) is 6.42 Å². The number of nitrogens with two attached hydrogens (primary N) is 1. The molecule has 0 saturated heterocycles. The Morgan fingerprint density at radius 2 is 2.35 bits per heavy atom. The predicted molar refractivity (Wildman–Crippen MR) is 69.0 cm³/mol. The lowest BCUT2D eigenvalue weighted by Crippen LogP contribution is -2.25. The van der Waals surface area contributed by atoms with E-state index in [9.17, 15) is 4.79 Å².